The minimum atomic E-state index is -4.70. The Balaban J connectivity index is 2.02. The Labute approximate surface area is 165 Å². The highest BCUT2D eigenvalue weighted by atomic mass is 35.5. The van der Waals surface area contributed by atoms with E-state index >= 15 is 0 Å². The summed E-state index contributed by atoms with van der Waals surface area (Å²) in [6.45, 7) is 0. The Bertz CT molecular complexity index is 944. The van der Waals surface area contributed by atoms with Gasteiger partial charge in [0, 0.05) is 16.5 Å². The van der Waals surface area contributed by atoms with Crippen LogP contribution in [0.2, 0.25) is 10.0 Å². The maximum absolute atomic E-state index is 14.0. The first-order valence-corrected chi connectivity index (χ1v) is 8.88. The fraction of sp³-hybridized carbons (Fsp3) is 0.176. The van der Waals surface area contributed by atoms with E-state index in [0.717, 1.165) is 12.1 Å². The molecule has 0 radical (unpaired) electrons. The molecular formula is C17H9Cl2F4NO2S. The van der Waals surface area contributed by atoms with Crippen molar-refractivity contribution in [2.24, 2.45) is 4.40 Å². The molecule has 1 N–H and O–H groups in total. The zero-order valence-electron chi connectivity index (χ0n) is 13.1. The number of benzene rings is 2. The highest BCUT2D eigenvalue weighted by Gasteiger charge is 2.60. The number of carboxylic acid groups (broad SMARTS) is 1. The monoisotopic (exact) mass is 437 g/mol. The maximum Gasteiger partial charge on any atom is 0.409 e. The Hall–Kier alpha value is -1.77. The van der Waals surface area contributed by atoms with Gasteiger partial charge in [-0.05, 0) is 53.4 Å². The first-order valence-electron chi connectivity index (χ1n) is 7.35. The van der Waals surface area contributed by atoms with E-state index in [-0.39, 0.29) is 26.9 Å². The third-order valence-corrected chi connectivity index (χ3v) is 5.72. The predicted molar refractivity (Wildman–Crippen MR) is 96.3 cm³/mol. The molecule has 27 heavy (non-hydrogen) atoms. The molecule has 2 aromatic carbocycles. The minimum absolute atomic E-state index is 0.00994. The second-order valence-corrected chi connectivity index (χ2v) is 7.72. The quantitative estimate of drug-likeness (QED) is 0.464. The highest BCUT2D eigenvalue weighted by Crippen LogP contribution is 2.57. The fourth-order valence-corrected chi connectivity index (χ4v) is 4.20. The lowest BCUT2D eigenvalue weighted by atomic mass is 9.89. The number of hydrogen-bond acceptors (Lipinski definition) is 3. The molecule has 0 aliphatic carbocycles. The van der Waals surface area contributed by atoms with Crippen molar-refractivity contribution in [1.82, 2.24) is 0 Å². The first kappa shape index (κ1) is 20.0. The first-order chi connectivity index (χ1) is 12.5. The van der Waals surface area contributed by atoms with Gasteiger partial charge in [-0.15, -0.1) is 0 Å². The van der Waals surface area contributed by atoms with Crippen molar-refractivity contribution >= 4 is 46.8 Å². The van der Waals surface area contributed by atoms with Gasteiger partial charge in [0.1, 0.15) is 5.82 Å². The van der Waals surface area contributed by atoms with E-state index < -0.39 is 34.7 Å². The van der Waals surface area contributed by atoms with Gasteiger partial charge in [-0.25, -0.2) is 13.6 Å². The van der Waals surface area contributed by atoms with Gasteiger partial charge in [-0.3, -0.25) is 0 Å². The average molecular weight is 438 g/mol. The van der Waals surface area contributed by atoms with Crippen LogP contribution in [0, 0.1) is 5.82 Å². The molecule has 1 aliphatic heterocycles. The summed E-state index contributed by atoms with van der Waals surface area (Å²) < 4.78 is 57.3. The molecule has 0 amide bonds. The van der Waals surface area contributed by atoms with E-state index in [1.807, 2.05) is 0 Å². The number of hydrogen-bond donors (Lipinski definition) is 1. The summed E-state index contributed by atoms with van der Waals surface area (Å²) >= 11 is 12.0. The van der Waals surface area contributed by atoms with Gasteiger partial charge >= 0.3 is 12.1 Å². The Morgan fingerprint density at radius 2 is 1.78 bits per heavy atom. The summed E-state index contributed by atoms with van der Waals surface area (Å²) in [6, 6.07) is 6.73. The average Bonchev–Trinajstić information content (AvgIpc) is 3.00. The molecule has 3 rings (SSSR count). The van der Waals surface area contributed by atoms with E-state index in [4.69, 9.17) is 28.3 Å². The highest BCUT2D eigenvalue weighted by molar-refractivity contribution is 7.99. The van der Waals surface area contributed by atoms with Crippen molar-refractivity contribution in [3.05, 3.63) is 69.0 Å². The van der Waals surface area contributed by atoms with Gasteiger partial charge in [0.15, 0.2) is 4.75 Å². The number of nitrogens with zero attached hydrogens (tertiary/aromatic N) is 1. The van der Waals surface area contributed by atoms with Gasteiger partial charge in [0.2, 0.25) is 0 Å². The summed E-state index contributed by atoms with van der Waals surface area (Å²) in [6.07, 6.45) is -5.28. The molecule has 0 bridgehead atoms. The second-order valence-electron chi connectivity index (χ2n) is 5.79. The molecule has 0 fully saturated rings. The Kier molecular flexibility index (Phi) is 5.18. The van der Waals surface area contributed by atoms with Crippen molar-refractivity contribution in [2.45, 2.75) is 17.3 Å². The van der Waals surface area contributed by atoms with Crippen molar-refractivity contribution < 1.29 is 27.5 Å². The number of carbonyl (C=O) groups is 1. The van der Waals surface area contributed by atoms with Gasteiger partial charge in [-0.2, -0.15) is 13.2 Å². The molecule has 0 saturated heterocycles. The van der Waals surface area contributed by atoms with Crippen LogP contribution in [0.5, 0.6) is 0 Å². The molecule has 0 saturated carbocycles. The van der Waals surface area contributed by atoms with Crippen LogP contribution in [-0.4, -0.2) is 23.0 Å². The standard InChI is InChI=1S/C17H9Cl2F4NO2S/c18-10-4-9(5-11(19)6-10)16(17(21,22)23)7-14(24-27-16)8-1-2-12(15(25)26)13(20)3-8/h1-6H,7H2,(H,25,26). The van der Waals surface area contributed by atoms with Gasteiger partial charge < -0.3 is 5.11 Å². The molecule has 1 unspecified atom stereocenters. The van der Waals surface area contributed by atoms with E-state index in [1.165, 1.54) is 24.3 Å². The molecule has 2 aromatic rings. The SMILES string of the molecule is O=C(O)c1ccc(C2=NSC(c3cc(Cl)cc(Cl)c3)(C(F)(F)F)C2)cc1F. The summed E-state index contributed by atoms with van der Waals surface area (Å²) in [5.74, 6) is -2.52. The van der Waals surface area contributed by atoms with Crippen LogP contribution in [0.3, 0.4) is 0 Å². The normalized spacial score (nSPS) is 19.9. The third-order valence-electron chi connectivity index (χ3n) is 4.05. The Morgan fingerprint density at radius 3 is 2.30 bits per heavy atom. The van der Waals surface area contributed by atoms with Crippen LogP contribution in [0.1, 0.15) is 27.9 Å². The number of rotatable bonds is 3. The zero-order chi connectivity index (χ0) is 20.0. The number of aromatic carboxylic acids is 1. The van der Waals surface area contributed by atoms with Crippen LogP contribution in [0.15, 0.2) is 40.8 Å². The van der Waals surface area contributed by atoms with Crippen molar-refractivity contribution in [3.63, 3.8) is 0 Å². The Morgan fingerprint density at radius 1 is 1.15 bits per heavy atom. The predicted octanol–water partition coefficient (Wildman–Crippen LogP) is 6.13. The molecule has 1 aliphatic rings. The summed E-state index contributed by atoms with van der Waals surface area (Å²) in [7, 11) is 0. The topological polar surface area (TPSA) is 49.7 Å². The molecular weight excluding hydrogens is 429 g/mol. The lowest BCUT2D eigenvalue weighted by Crippen LogP contribution is -2.38. The second kappa shape index (κ2) is 7.00. The largest absolute Gasteiger partial charge is 0.478 e. The van der Waals surface area contributed by atoms with Crippen LogP contribution < -0.4 is 0 Å². The summed E-state index contributed by atoms with van der Waals surface area (Å²) in [4.78, 5) is 10.9. The fourth-order valence-electron chi connectivity index (χ4n) is 2.71. The maximum atomic E-state index is 14.0. The summed E-state index contributed by atoms with van der Waals surface area (Å²) in [5, 5.41) is 8.96. The van der Waals surface area contributed by atoms with E-state index in [9.17, 15) is 22.4 Å². The van der Waals surface area contributed by atoms with Crippen molar-refractivity contribution in [1.29, 1.82) is 0 Å². The summed E-state index contributed by atoms with van der Waals surface area (Å²) in [5.41, 5.74) is -0.680. The third kappa shape index (κ3) is 3.66. The molecule has 0 aromatic heterocycles. The number of alkyl halides is 3. The molecule has 1 heterocycles. The molecule has 3 nitrogen and oxygen atoms in total. The van der Waals surface area contributed by atoms with E-state index in [1.54, 1.807) is 0 Å². The van der Waals surface area contributed by atoms with E-state index in [0.29, 0.717) is 11.9 Å². The van der Waals surface area contributed by atoms with E-state index in [2.05, 4.69) is 4.40 Å². The molecule has 1 atom stereocenters. The molecule has 142 valence electrons. The van der Waals surface area contributed by atoms with Crippen LogP contribution in [0.25, 0.3) is 0 Å². The van der Waals surface area contributed by atoms with Crippen LogP contribution in [-0.2, 0) is 4.75 Å². The molecule has 10 heteroatoms. The van der Waals surface area contributed by atoms with Crippen LogP contribution in [0.4, 0.5) is 17.6 Å². The van der Waals surface area contributed by atoms with Crippen molar-refractivity contribution in [3.8, 4) is 0 Å². The van der Waals surface area contributed by atoms with Crippen molar-refractivity contribution in [2.75, 3.05) is 0 Å². The van der Waals surface area contributed by atoms with Crippen LogP contribution >= 0.6 is 35.1 Å². The number of halogens is 6. The molecule has 0 spiro atoms. The van der Waals surface area contributed by atoms with Gasteiger partial charge in [0.05, 0.1) is 11.3 Å². The van der Waals surface area contributed by atoms with Gasteiger partial charge in [0.25, 0.3) is 0 Å². The lowest BCUT2D eigenvalue weighted by molar-refractivity contribution is -0.159. The zero-order valence-corrected chi connectivity index (χ0v) is 15.5. The smallest absolute Gasteiger partial charge is 0.409 e. The number of carboxylic acids is 1. The minimum Gasteiger partial charge on any atom is -0.478 e. The van der Waals surface area contributed by atoms with Gasteiger partial charge in [-0.1, -0.05) is 29.3 Å². The lowest BCUT2D eigenvalue weighted by Gasteiger charge is -2.30.